The maximum Gasteiger partial charge on any atom is 0.320 e. The van der Waals surface area contributed by atoms with Crippen LogP contribution in [0.3, 0.4) is 0 Å². The summed E-state index contributed by atoms with van der Waals surface area (Å²) in [5.41, 5.74) is 0.986. The minimum absolute atomic E-state index is 0.126. The first-order valence-corrected chi connectivity index (χ1v) is 8.53. The molecule has 1 atom stereocenters. The van der Waals surface area contributed by atoms with Gasteiger partial charge in [-0.2, -0.15) is 0 Å². The fourth-order valence-electron chi connectivity index (χ4n) is 2.87. The number of amides is 1. The van der Waals surface area contributed by atoms with Gasteiger partial charge in [0.2, 0.25) is 5.91 Å². The number of aliphatic carboxylic acids is 1. The highest BCUT2D eigenvalue weighted by molar-refractivity contribution is 7.18. The van der Waals surface area contributed by atoms with Crippen molar-refractivity contribution in [1.29, 1.82) is 0 Å². The third-order valence-electron chi connectivity index (χ3n) is 3.99. The van der Waals surface area contributed by atoms with E-state index < -0.39 is 12.0 Å². The van der Waals surface area contributed by atoms with Crippen molar-refractivity contribution in [2.24, 2.45) is 0 Å². The Kier molecular flexibility index (Phi) is 4.88. The third kappa shape index (κ3) is 3.86. The number of likely N-dealkylation sites (tertiary alicyclic amines) is 1. The summed E-state index contributed by atoms with van der Waals surface area (Å²) < 4.78 is 1.15. The largest absolute Gasteiger partial charge is 0.480 e. The van der Waals surface area contributed by atoms with Crippen LogP contribution in [0.1, 0.15) is 17.8 Å². The van der Waals surface area contributed by atoms with Crippen LogP contribution in [0.25, 0.3) is 10.2 Å². The predicted molar refractivity (Wildman–Crippen MR) is 88.6 cm³/mol. The van der Waals surface area contributed by atoms with Crippen LogP contribution in [-0.4, -0.2) is 52.5 Å². The lowest BCUT2D eigenvalue weighted by Gasteiger charge is -2.20. The molecule has 1 saturated heterocycles. The van der Waals surface area contributed by atoms with E-state index in [0.29, 0.717) is 25.9 Å². The van der Waals surface area contributed by atoms with Gasteiger partial charge in [0.15, 0.2) is 0 Å². The highest BCUT2D eigenvalue weighted by Gasteiger charge is 2.31. The summed E-state index contributed by atoms with van der Waals surface area (Å²) in [6.07, 6.45) is 2.14. The first-order valence-electron chi connectivity index (χ1n) is 7.71. The van der Waals surface area contributed by atoms with Gasteiger partial charge in [0.05, 0.1) is 21.8 Å². The third-order valence-corrected chi connectivity index (χ3v) is 5.09. The summed E-state index contributed by atoms with van der Waals surface area (Å²) in [6.45, 7) is 1.34. The lowest BCUT2D eigenvalue weighted by atomic mass is 10.2. The van der Waals surface area contributed by atoms with Crippen molar-refractivity contribution in [3.8, 4) is 0 Å². The van der Waals surface area contributed by atoms with Gasteiger partial charge >= 0.3 is 5.97 Å². The number of nitrogens with one attached hydrogen (secondary N) is 1. The summed E-state index contributed by atoms with van der Waals surface area (Å²) >= 11 is 1.64. The molecule has 2 heterocycles. The van der Waals surface area contributed by atoms with Gasteiger partial charge in [0.25, 0.3) is 0 Å². The van der Waals surface area contributed by atoms with Crippen molar-refractivity contribution in [3.63, 3.8) is 0 Å². The fraction of sp³-hybridized carbons (Fsp3) is 0.438. The number of para-hydroxylation sites is 1. The molecule has 2 aromatic rings. The highest BCUT2D eigenvalue weighted by Crippen LogP contribution is 2.21. The van der Waals surface area contributed by atoms with E-state index in [-0.39, 0.29) is 12.5 Å². The normalized spacial score (nSPS) is 18.3. The van der Waals surface area contributed by atoms with Crippen LogP contribution in [0.2, 0.25) is 0 Å². The Morgan fingerprint density at radius 3 is 3.00 bits per heavy atom. The number of fused-ring (bicyclic) bond motifs is 1. The molecule has 0 saturated carbocycles. The monoisotopic (exact) mass is 333 g/mol. The number of thiazole rings is 1. The molecule has 0 spiro atoms. The van der Waals surface area contributed by atoms with Crippen LogP contribution in [-0.2, 0) is 16.0 Å². The molecule has 1 fully saturated rings. The van der Waals surface area contributed by atoms with Crippen molar-refractivity contribution in [3.05, 3.63) is 29.3 Å². The summed E-state index contributed by atoms with van der Waals surface area (Å²) in [5, 5.41) is 13.0. The second-order valence-electron chi connectivity index (χ2n) is 5.64. The van der Waals surface area contributed by atoms with Gasteiger partial charge in [-0.25, -0.2) is 4.98 Å². The molecule has 1 amide bonds. The number of nitrogens with zero attached hydrogens (tertiary/aromatic N) is 2. The van der Waals surface area contributed by atoms with Gasteiger partial charge in [-0.15, -0.1) is 11.3 Å². The topological polar surface area (TPSA) is 82.5 Å². The van der Waals surface area contributed by atoms with Gasteiger partial charge < -0.3 is 10.4 Å². The van der Waals surface area contributed by atoms with Gasteiger partial charge in [-0.05, 0) is 31.5 Å². The van der Waals surface area contributed by atoms with E-state index in [1.165, 1.54) is 0 Å². The van der Waals surface area contributed by atoms with Gasteiger partial charge in [-0.1, -0.05) is 12.1 Å². The van der Waals surface area contributed by atoms with E-state index >= 15 is 0 Å². The minimum atomic E-state index is -0.843. The molecule has 1 aliphatic rings. The molecular formula is C16H19N3O3S. The Balaban J connectivity index is 1.46. The first kappa shape index (κ1) is 15.9. The summed E-state index contributed by atoms with van der Waals surface area (Å²) in [5.74, 6) is -0.968. The van der Waals surface area contributed by atoms with Crippen LogP contribution in [0.15, 0.2) is 24.3 Å². The average molecular weight is 333 g/mol. The number of carboxylic acid groups (broad SMARTS) is 1. The van der Waals surface area contributed by atoms with Crippen LogP contribution in [0, 0.1) is 0 Å². The second-order valence-corrected chi connectivity index (χ2v) is 6.76. The van der Waals surface area contributed by atoms with E-state index in [4.69, 9.17) is 5.11 Å². The zero-order chi connectivity index (χ0) is 16.2. The van der Waals surface area contributed by atoms with E-state index in [0.717, 1.165) is 21.6 Å². The molecule has 0 aliphatic carbocycles. The van der Waals surface area contributed by atoms with E-state index in [2.05, 4.69) is 10.3 Å². The smallest absolute Gasteiger partial charge is 0.320 e. The van der Waals surface area contributed by atoms with Crippen LogP contribution >= 0.6 is 11.3 Å². The SMILES string of the molecule is O=C(CN1CCC[C@H]1C(=O)O)NCCc1nc2ccccc2s1. The standard InChI is InChI=1S/C16H19N3O3S/c20-14(10-19-9-3-5-12(19)16(21)22)17-8-7-15-18-11-4-1-2-6-13(11)23-15/h1-2,4,6,12H,3,5,7-10H2,(H,17,20)(H,21,22)/t12-/m0/s1. The Morgan fingerprint density at radius 1 is 1.39 bits per heavy atom. The number of hydrogen-bond acceptors (Lipinski definition) is 5. The van der Waals surface area contributed by atoms with Crippen LogP contribution < -0.4 is 5.32 Å². The molecule has 122 valence electrons. The molecule has 6 nitrogen and oxygen atoms in total. The van der Waals surface area contributed by atoms with Crippen LogP contribution in [0.4, 0.5) is 0 Å². The van der Waals surface area contributed by atoms with Crippen LogP contribution in [0.5, 0.6) is 0 Å². The van der Waals surface area contributed by atoms with Gasteiger partial charge in [-0.3, -0.25) is 14.5 Å². The lowest BCUT2D eigenvalue weighted by Crippen LogP contribution is -2.43. The fourth-order valence-corrected chi connectivity index (χ4v) is 3.84. The molecule has 1 aromatic heterocycles. The summed E-state index contributed by atoms with van der Waals surface area (Å²) in [7, 11) is 0. The van der Waals surface area contributed by atoms with Crippen molar-refractivity contribution in [2.75, 3.05) is 19.6 Å². The summed E-state index contributed by atoms with van der Waals surface area (Å²) in [6, 6.07) is 7.44. The molecule has 0 radical (unpaired) electrons. The maximum atomic E-state index is 12.0. The molecule has 1 aromatic carbocycles. The van der Waals surface area contributed by atoms with Crippen molar-refractivity contribution in [1.82, 2.24) is 15.2 Å². The number of hydrogen-bond donors (Lipinski definition) is 2. The Hall–Kier alpha value is -1.99. The molecule has 23 heavy (non-hydrogen) atoms. The Bertz CT molecular complexity index is 682. The zero-order valence-corrected chi connectivity index (χ0v) is 13.5. The number of carbonyl (C=O) groups is 2. The van der Waals surface area contributed by atoms with E-state index in [9.17, 15) is 9.59 Å². The molecule has 0 bridgehead atoms. The molecular weight excluding hydrogens is 314 g/mol. The number of carboxylic acids is 1. The number of aromatic nitrogens is 1. The second kappa shape index (κ2) is 7.06. The lowest BCUT2D eigenvalue weighted by molar-refractivity contribution is -0.142. The van der Waals surface area contributed by atoms with Gasteiger partial charge in [0, 0.05) is 13.0 Å². The number of carbonyl (C=O) groups excluding carboxylic acids is 1. The Labute approximate surface area is 138 Å². The molecule has 2 N–H and O–H groups in total. The quantitative estimate of drug-likeness (QED) is 0.837. The molecule has 0 unspecified atom stereocenters. The van der Waals surface area contributed by atoms with Crippen molar-refractivity contribution in [2.45, 2.75) is 25.3 Å². The highest BCUT2D eigenvalue weighted by atomic mass is 32.1. The Morgan fingerprint density at radius 2 is 2.22 bits per heavy atom. The van der Waals surface area contributed by atoms with E-state index in [1.807, 2.05) is 24.3 Å². The van der Waals surface area contributed by atoms with Crippen molar-refractivity contribution >= 4 is 33.4 Å². The molecule has 1 aliphatic heterocycles. The number of benzene rings is 1. The maximum absolute atomic E-state index is 12.0. The van der Waals surface area contributed by atoms with Crippen molar-refractivity contribution < 1.29 is 14.7 Å². The molecule has 3 rings (SSSR count). The average Bonchev–Trinajstić information content (AvgIpc) is 3.13. The zero-order valence-electron chi connectivity index (χ0n) is 12.7. The van der Waals surface area contributed by atoms with E-state index in [1.54, 1.807) is 16.2 Å². The first-order chi connectivity index (χ1) is 11.1. The predicted octanol–water partition coefficient (Wildman–Crippen LogP) is 1.50. The molecule has 7 heteroatoms. The number of rotatable bonds is 6. The van der Waals surface area contributed by atoms with Gasteiger partial charge in [0.1, 0.15) is 6.04 Å². The summed E-state index contributed by atoms with van der Waals surface area (Å²) in [4.78, 5) is 29.3. The minimum Gasteiger partial charge on any atom is -0.480 e.